The lowest BCUT2D eigenvalue weighted by Crippen LogP contribution is -2.39. The minimum Gasteiger partial charge on any atom is -0.462 e. The molecule has 8 nitrogen and oxygen atoms in total. The zero-order valence-corrected chi connectivity index (χ0v) is 21.0. The molecule has 0 aliphatic carbocycles. The van der Waals surface area contributed by atoms with Crippen molar-refractivity contribution in [3.8, 4) is 0 Å². The monoisotopic (exact) mass is 501 g/mol. The third-order valence-corrected chi connectivity index (χ3v) is 8.85. The Morgan fingerprint density at radius 1 is 1.15 bits per heavy atom. The number of sulfonamides is 1. The molecule has 0 unspecified atom stereocenters. The maximum atomic E-state index is 12.9. The Hall–Kier alpha value is -2.82. The molecule has 2 heterocycles. The van der Waals surface area contributed by atoms with E-state index in [-0.39, 0.29) is 4.90 Å². The lowest BCUT2D eigenvalue weighted by molar-refractivity contribution is 0.0526. The minimum absolute atomic E-state index is 0.178. The fraction of sp³-hybridized carbons (Fsp3) is 0.375. The highest BCUT2D eigenvalue weighted by molar-refractivity contribution is 7.89. The molecule has 0 saturated carbocycles. The topological polar surface area (TPSA) is 98.0 Å². The maximum Gasteiger partial charge on any atom is 0.338 e. The summed E-state index contributed by atoms with van der Waals surface area (Å²) in [7, 11) is -1.79. The molecule has 1 aliphatic rings. The van der Waals surface area contributed by atoms with Gasteiger partial charge in [0, 0.05) is 25.7 Å². The van der Waals surface area contributed by atoms with Crippen LogP contribution in [0.5, 0.6) is 0 Å². The van der Waals surface area contributed by atoms with Gasteiger partial charge in [0.15, 0.2) is 4.80 Å². The number of aryl methyl sites for hydroxylation is 1. The number of nitrogens with zero attached hydrogens (tertiary/aromatic N) is 3. The Morgan fingerprint density at radius 3 is 2.53 bits per heavy atom. The van der Waals surface area contributed by atoms with Crippen molar-refractivity contribution in [2.45, 2.75) is 31.6 Å². The molecular weight excluding hydrogens is 474 g/mol. The van der Waals surface area contributed by atoms with Gasteiger partial charge in [0.1, 0.15) is 0 Å². The summed E-state index contributed by atoms with van der Waals surface area (Å²) in [4.78, 5) is 29.7. The molecule has 1 amide bonds. The highest BCUT2D eigenvalue weighted by atomic mass is 32.2. The van der Waals surface area contributed by atoms with Gasteiger partial charge in [-0.3, -0.25) is 4.79 Å². The van der Waals surface area contributed by atoms with Crippen LogP contribution in [0.4, 0.5) is 0 Å². The molecule has 34 heavy (non-hydrogen) atoms. The van der Waals surface area contributed by atoms with E-state index in [1.54, 1.807) is 36.7 Å². The van der Waals surface area contributed by atoms with Crippen LogP contribution in [0.15, 0.2) is 52.4 Å². The molecule has 0 radical (unpaired) electrons. The van der Waals surface area contributed by atoms with Crippen molar-refractivity contribution in [3.63, 3.8) is 0 Å². The van der Waals surface area contributed by atoms with Crippen molar-refractivity contribution in [1.29, 1.82) is 0 Å². The zero-order valence-electron chi connectivity index (χ0n) is 19.4. The molecule has 0 spiro atoms. The van der Waals surface area contributed by atoms with Crippen molar-refractivity contribution in [2.75, 3.05) is 19.7 Å². The third kappa shape index (κ3) is 4.84. The van der Waals surface area contributed by atoms with E-state index >= 15 is 0 Å². The second-order valence-corrected chi connectivity index (χ2v) is 11.3. The molecule has 10 heteroatoms. The number of carbonyl (C=O) groups excluding carboxylic acids is 2. The van der Waals surface area contributed by atoms with Gasteiger partial charge in [0.2, 0.25) is 10.0 Å². The van der Waals surface area contributed by atoms with Crippen LogP contribution in [0.1, 0.15) is 47.4 Å². The molecule has 1 saturated heterocycles. The number of benzene rings is 2. The fourth-order valence-corrected chi connectivity index (χ4v) is 6.67. The number of amides is 1. The van der Waals surface area contributed by atoms with E-state index in [1.165, 1.54) is 39.9 Å². The molecule has 1 fully saturated rings. The van der Waals surface area contributed by atoms with Crippen LogP contribution in [0.2, 0.25) is 0 Å². The molecule has 1 aromatic heterocycles. The Morgan fingerprint density at radius 2 is 1.85 bits per heavy atom. The predicted molar refractivity (Wildman–Crippen MR) is 130 cm³/mol. The van der Waals surface area contributed by atoms with Crippen molar-refractivity contribution in [2.24, 2.45) is 18.0 Å². The lowest BCUT2D eigenvalue weighted by Gasteiger charge is -2.30. The standard InChI is InChI=1S/C24H27N3O5S2/c1-4-32-23(29)18-9-12-20-21(14-18)33-24(26(20)3)25-22(28)17-7-10-19(11-8-17)34(30,31)27-13-5-6-16(2)15-27/h7-12,14,16H,4-6,13,15H2,1-3H3/t16-/m0/s1. The number of thiazole rings is 1. The van der Waals surface area contributed by atoms with Crippen molar-refractivity contribution in [1.82, 2.24) is 8.87 Å². The number of piperidine rings is 1. The van der Waals surface area contributed by atoms with Gasteiger partial charge in [0.05, 0.1) is 27.3 Å². The predicted octanol–water partition coefficient (Wildman–Crippen LogP) is 3.58. The second-order valence-electron chi connectivity index (χ2n) is 8.40. The van der Waals surface area contributed by atoms with Crippen LogP contribution in [-0.2, 0) is 21.8 Å². The first kappa shape index (κ1) is 24.3. The molecular formula is C24H27N3O5S2. The third-order valence-electron chi connectivity index (χ3n) is 5.88. The zero-order chi connectivity index (χ0) is 24.5. The highest BCUT2D eigenvalue weighted by Crippen LogP contribution is 2.24. The van der Waals surface area contributed by atoms with Crippen LogP contribution in [0.3, 0.4) is 0 Å². The van der Waals surface area contributed by atoms with Gasteiger partial charge in [-0.15, -0.1) is 0 Å². The average molecular weight is 502 g/mol. The smallest absolute Gasteiger partial charge is 0.338 e. The summed E-state index contributed by atoms with van der Waals surface area (Å²) in [6.07, 6.45) is 1.88. The number of carbonyl (C=O) groups is 2. The Balaban J connectivity index is 1.59. The van der Waals surface area contributed by atoms with Crippen LogP contribution >= 0.6 is 11.3 Å². The Kier molecular flexibility index (Phi) is 7.01. The van der Waals surface area contributed by atoms with Crippen LogP contribution in [-0.4, -0.2) is 48.9 Å². The summed E-state index contributed by atoms with van der Waals surface area (Å²) in [5, 5.41) is 0. The SMILES string of the molecule is CCOC(=O)c1ccc2c(c1)sc(=NC(=O)c1ccc(S(=O)(=O)N3CCC[C@H](C)C3)cc1)n2C. The first-order valence-corrected chi connectivity index (χ1v) is 13.4. The summed E-state index contributed by atoms with van der Waals surface area (Å²) < 4.78 is 35.0. The van der Waals surface area contributed by atoms with Crippen LogP contribution in [0.25, 0.3) is 10.2 Å². The van der Waals surface area contributed by atoms with Crippen LogP contribution < -0.4 is 4.80 Å². The van der Waals surface area contributed by atoms with Gasteiger partial charge in [0.25, 0.3) is 5.91 Å². The van der Waals surface area contributed by atoms with Gasteiger partial charge in [-0.2, -0.15) is 9.30 Å². The second kappa shape index (κ2) is 9.81. The molecule has 0 N–H and O–H groups in total. The van der Waals surface area contributed by atoms with Crippen molar-refractivity contribution in [3.05, 3.63) is 58.4 Å². The van der Waals surface area contributed by atoms with Crippen LogP contribution in [0, 0.1) is 5.92 Å². The molecule has 1 atom stereocenters. The van der Waals surface area contributed by atoms with Crippen molar-refractivity contribution >= 4 is 43.5 Å². The molecule has 0 bridgehead atoms. The summed E-state index contributed by atoms with van der Waals surface area (Å²) in [5.74, 6) is -0.536. The molecule has 180 valence electrons. The summed E-state index contributed by atoms with van der Waals surface area (Å²) in [5.41, 5.74) is 1.58. The van der Waals surface area contributed by atoms with Gasteiger partial charge in [-0.05, 0) is 68.1 Å². The number of rotatable bonds is 5. The number of aromatic nitrogens is 1. The lowest BCUT2D eigenvalue weighted by atomic mass is 10.0. The van der Waals surface area contributed by atoms with Gasteiger partial charge in [-0.1, -0.05) is 18.3 Å². The highest BCUT2D eigenvalue weighted by Gasteiger charge is 2.28. The van der Waals surface area contributed by atoms with E-state index in [0.29, 0.717) is 41.5 Å². The molecule has 1 aliphatic heterocycles. The van der Waals surface area contributed by atoms with E-state index in [0.717, 1.165) is 23.1 Å². The Bertz CT molecular complexity index is 1400. The van der Waals surface area contributed by atoms with Gasteiger partial charge < -0.3 is 9.30 Å². The normalized spacial score (nSPS) is 17.7. The van der Waals surface area contributed by atoms with Gasteiger partial charge >= 0.3 is 5.97 Å². The number of esters is 1. The number of hydrogen-bond donors (Lipinski definition) is 0. The van der Waals surface area contributed by atoms with Crippen molar-refractivity contribution < 1.29 is 22.7 Å². The minimum atomic E-state index is -3.58. The Labute approximate surface area is 202 Å². The summed E-state index contributed by atoms with van der Waals surface area (Å²) in [6.45, 7) is 5.12. The van der Waals surface area contributed by atoms with Gasteiger partial charge in [-0.25, -0.2) is 13.2 Å². The summed E-state index contributed by atoms with van der Waals surface area (Å²) >= 11 is 1.29. The molecule has 2 aromatic carbocycles. The first-order valence-electron chi connectivity index (χ1n) is 11.2. The van der Waals surface area contributed by atoms with E-state index in [4.69, 9.17) is 4.74 Å². The molecule has 3 aromatic rings. The quantitative estimate of drug-likeness (QED) is 0.498. The first-order chi connectivity index (χ1) is 16.2. The number of hydrogen-bond acceptors (Lipinski definition) is 6. The maximum absolute atomic E-state index is 12.9. The fourth-order valence-electron chi connectivity index (χ4n) is 4.02. The number of fused-ring (bicyclic) bond motifs is 1. The number of ether oxygens (including phenoxy) is 1. The average Bonchev–Trinajstić information content (AvgIpc) is 3.13. The largest absolute Gasteiger partial charge is 0.462 e. The summed E-state index contributed by atoms with van der Waals surface area (Å²) in [6, 6.07) is 11.1. The van der Waals surface area contributed by atoms with E-state index in [2.05, 4.69) is 11.9 Å². The van der Waals surface area contributed by atoms with E-state index < -0.39 is 21.9 Å². The molecule has 4 rings (SSSR count). The van der Waals surface area contributed by atoms with E-state index in [9.17, 15) is 18.0 Å². The van der Waals surface area contributed by atoms with E-state index in [1.807, 2.05) is 0 Å².